The van der Waals surface area contributed by atoms with Gasteiger partial charge in [0.2, 0.25) is 0 Å². The minimum atomic E-state index is -1.88. The summed E-state index contributed by atoms with van der Waals surface area (Å²) in [5, 5.41) is 18.3. The first-order chi connectivity index (χ1) is 9.09. The van der Waals surface area contributed by atoms with Gasteiger partial charge in [-0.05, 0) is 0 Å². The second-order valence-electron chi connectivity index (χ2n) is 4.10. The fourth-order valence-corrected chi connectivity index (χ4v) is 2.04. The fraction of sp³-hybridized carbons (Fsp3) is 0.400. The molecule has 100 valence electrons. The lowest BCUT2D eigenvalue weighted by atomic mass is 10.1. The average Bonchev–Trinajstić information content (AvgIpc) is 2.93. The molecule has 8 nitrogen and oxygen atoms in total. The first-order valence-electron chi connectivity index (χ1n) is 5.42. The highest BCUT2D eigenvalue weighted by Gasteiger charge is 2.49. The summed E-state index contributed by atoms with van der Waals surface area (Å²) in [7, 11) is 0. The van der Waals surface area contributed by atoms with E-state index >= 15 is 0 Å². The Kier molecular flexibility index (Phi) is 2.64. The molecular weight excluding hydrogens is 259 g/mol. The molecule has 0 spiro atoms. The van der Waals surface area contributed by atoms with Crippen LogP contribution in [-0.2, 0) is 9.53 Å². The van der Waals surface area contributed by atoms with E-state index < -0.39 is 30.6 Å². The first-order valence-corrected chi connectivity index (χ1v) is 5.42. The molecule has 0 unspecified atom stereocenters. The van der Waals surface area contributed by atoms with Crippen molar-refractivity contribution in [2.45, 2.75) is 24.6 Å². The number of hydrogen-bond acceptors (Lipinski definition) is 6. The van der Waals surface area contributed by atoms with Gasteiger partial charge < -0.3 is 14.9 Å². The smallest absolute Gasteiger partial charge is 0.335 e. The van der Waals surface area contributed by atoms with Crippen LogP contribution >= 0.6 is 0 Å². The number of imidazole rings is 1. The average molecular weight is 268 g/mol. The molecule has 1 fully saturated rings. The maximum Gasteiger partial charge on any atom is 0.335 e. The number of carbonyl (C=O) groups is 1. The van der Waals surface area contributed by atoms with Crippen LogP contribution < -0.4 is 0 Å². The van der Waals surface area contributed by atoms with Gasteiger partial charge in [0.05, 0.1) is 12.5 Å². The van der Waals surface area contributed by atoms with Crippen molar-refractivity contribution in [1.82, 2.24) is 19.5 Å². The van der Waals surface area contributed by atoms with E-state index in [1.54, 1.807) is 0 Å². The van der Waals surface area contributed by atoms with Gasteiger partial charge in [0.25, 0.3) is 0 Å². The molecule has 0 aromatic carbocycles. The molecule has 1 aliphatic rings. The lowest BCUT2D eigenvalue weighted by Crippen LogP contribution is -2.34. The summed E-state index contributed by atoms with van der Waals surface area (Å²) in [4.78, 5) is 22.5. The monoisotopic (exact) mass is 268 g/mol. The molecule has 19 heavy (non-hydrogen) atoms. The predicted octanol–water partition coefficient (Wildman–Crippen LogP) is -0.493. The molecular formula is C10H9FN4O4. The highest BCUT2D eigenvalue weighted by Crippen LogP contribution is 2.33. The maximum atomic E-state index is 14.0. The third kappa shape index (κ3) is 1.74. The Balaban J connectivity index is 2.01. The molecule has 4 atom stereocenters. The summed E-state index contributed by atoms with van der Waals surface area (Å²) in [5.41, 5.74) is 0.729. The van der Waals surface area contributed by atoms with Gasteiger partial charge in [0.15, 0.2) is 24.2 Å². The Morgan fingerprint density at radius 1 is 1.47 bits per heavy atom. The summed E-state index contributed by atoms with van der Waals surface area (Å²) in [5.74, 6) is -1.42. The lowest BCUT2D eigenvalue weighted by molar-refractivity contribution is -0.155. The van der Waals surface area contributed by atoms with Crippen molar-refractivity contribution in [2.75, 3.05) is 0 Å². The van der Waals surface area contributed by atoms with Crippen LogP contribution in [0.5, 0.6) is 0 Å². The predicted molar refractivity (Wildman–Crippen MR) is 57.8 cm³/mol. The third-order valence-corrected chi connectivity index (χ3v) is 2.95. The number of hydrogen-bond donors (Lipinski definition) is 2. The Morgan fingerprint density at radius 3 is 2.95 bits per heavy atom. The van der Waals surface area contributed by atoms with Gasteiger partial charge in [-0.15, -0.1) is 0 Å². The van der Waals surface area contributed by atoms with E-state index in [9.17, 15) is 14.3 Å². The molecule has 2 aromatic heterocycles. The first kappa shape index (κ1) is 11.9. The summed E-state index contributed by atoms with van der Waals surface area (Å²) in [6.07, 6.45) is -2.54. The van der Waals surface area contributed by atoms with Gasteiger partial charge in [-0.2, -0.15) is 0 Å². The van der Waals surface area contributed by atoms with Crippen molar-refractivity contribution < 1.29 is 24.1 Å². The maximum absolute atomic E-state index is 14.0. The number of aromatic nitrogens is 4. The summed E-state index contributed by atoms with van der Waals surface area (Å²) in [6, 6.07) is 0. The van der Waals surface area contributed by atoms with Crippen LogP contribution in [0.3, 0.4) is 0 Å². The highest BCUT2D eigenvalue weighted by atomic mass is 19.1. The second kappa shape index (κ2) is 4.21. The van der Waals surface area contributed by atoms with Crippen molar-refractivity contribution in [3.63, 3.8) is 0 Å². The zero-order valence-corrected chi connectivity index (χ0v) is 9.42. The zero-order chi connectivity index (χ0) is 13.6. The van der Waals surface area contributed by atoms with E-state index in [4.69, 9.17) is 9.84 Å². The van der Waals surface area contributed by atoms with E-state index in [-0.39, 0.29) is 0 Å². The van der Waals surface area contributed by atoms with Gasteiger partial charge in [-0.3, -0.25) is 4.57 Å². The van der Waals surface area contributed by atoms with E-state index in [2.05, 4.69) is 15.0 Å². The molecule has 1 saturated heterocycles. The number of aliphatic hydroxyl groups excluding tert-OH is 1. The van der Waals surface area contributed by atoms with E-state index in [1.165, 1.54) is 23.4 Å². The highest BCUT2D eigenvalue weighted by molar-refractivity contribution is 5.74. The van der Waals surface area contributed by atoms with Crippen molar-refractivity contribution in [3.05, 3.63) is 18.9 Å². The molecule has 0 aliphatic carbocycles. The van der Waals surface area contributed by atoms with Crippen LogP contribution in [0.15, 0.2) is 18.9 Å². The van der Waals surface area contributed by atoms with Crippen LogP contribution in [-0.4, -0.2) is 54.1 Å². The summed E-state index contributed by atoms with van der Waals surface area (Å²) in [6.45, 7) is 0. The minimum Gasteiger partial charge on any atom is -0.479 e. The van der Waals surface area contributed by atoms with Crippen LogP contribution in [0.2, 0.25) is 0 Å². The van der Waals surface area contributed by atoms with E-state index in [0.717, 1.165) is 0 Å². The van der Waals surface area contributed by atoms with Crippen LogP contribution in [0.4, 0.5) is 4.39 Å². The Labute approximate surface area is 105 Å². The van der Waals surface area contributed by atoms with Crippen molar-refractivity contribution in [2.24, 2.45) is 0 Å². The zero-order valence-electron chi connectivity index (χ0n) is 9.42. The number of aliphatic carboxylic acids is 1. The van der Waals surface area contributed by atoms with Crippen molar-refractivity contribution in [1.29, 1.82) is 0 Å². The molecule has 0 radical (unpaired) electrons. The number of nitrogens with zero attached hydrogens (tertiary/aromatic N) is 4. The van der Waals surface area contributed by atoms with Gasteiger partial charge in [0.1, 0.15) is 17.9 Å². The SMILES string of the molecule is O=C(O)[C@H]1O[C@@H](n2cnc3cncnc32)[C@@H](F)[C@@H]1O. The van der Waals surface area contributed by atoms with Gasteiger partial charge in [0, 0.05) is 0 Å². The Morgan fingerprint density at radius 2 is 2.26 bits per heavy atom. The quantitative estimate of drug-likeness (QED) is 0.755. The molecule has 1 aliphatic heterocycles. The van der Waals surface area contributed by atoms with Crippen LogP contribution in [0.1, 0.15) is 6.23 Å². The summed E-state index contributed by atoms with van der Waals surface area (Å²) < 4.78 is 20.2. The second-order valence-corrected chi connectivity index (χ2v) is 4.10. The molecule has 9 heteroatoms. The number of ether oxygens (including phenoxy) is 1. The normalized spacial score (nSPS) is 30.8. The van der Waals surface area contributed by atoms with Crippen molar-refractivity contribution in [3.8, 4) is 0 Å². The van der Waals surface area contributed by atoms with Gasteiger partial charge in [-0.25, -0.2) is 24.1 Å². The van der Waals surface area contributed by atoms with Crippen LogP contribution in [0, 0.1) is 0 Å². The Bertz CT molecular complexity index is 633. The molecule has 3 rings (SSSR count). The largest absolute Gasteiger partial charge is 0.479 e. The fourth-order valence-electron chi connectivity index (χ4n) is 2.04. The molecule has 0 bridgehead atoms. The summed E-state index contributed by atoms with van der Waals surface area (Å²) >= 11 is 0. The Hall–Kier alpha value is -2.13. The molecule has 2 N–H and O–H groups in total. The standard InChI is InChI=1S/C10H9FN4O4/c11-5-6(16)7(10(17)18)19-9(5)15-3-14-4-1-12-2-13-8(4)15/h1-3,5-7,9,16H,(H,17,18)/t5-,6-,7-,9+/m0/s1. The lowest BCUT2D eigenvalue weighted by Gasteiger charge is -2.14. The van der Waals surface area contributed by atoms with E-state index in [1.807, 2.05) is 0 Å². The number of aliphatic hydroxyl groups is 1. The number of carboxylic acid groups (broad SMARTS) is 1. The number of alkyl halides is 1. The topological polar surface area (TPSA) is 110 Å². The van der Waals surface area contributed by atoms with Gasteiger partial charge in [-0.1, -0.05) is 0 Å². The number of halogens is 1. The number of rotatable bonds is 2. The van der Waals surface area contributed by atoms with Crippen molar-refractivity contribution >= 4 is 17.1 Å². The van der Waals surface area contributed by atoms with Crippen LogP contribution in [0.25, 0.3) is 11.2 Å². The number of fused-ring (bicyclic) bond motifs is 1. The molecule has 3 heterocycles. The number of carboxylic acids is 1. The van der Waals surface area contributed by atoms with E-state index in [0.29, 0.717) is 11.2 Å². The third-order valence-electron chi connectivity index (χ3n) is 2.95. The molecule has 2 aromatic rings. The van der Waals surface area contributed by atoms with Gasteiger partial charge >= 0.3 is 5.97 Å². The molecule has 0 saturated carbocycles. The minimum absolute atomic E-state index is 0.306. The molecule has 0 amide bonds.